The van der Waals surface area contributed by atoms with Crippen LogP contribution in [-0.2, 0) is 0 Å². The van der Waals surface area contributed by atoms with Gasteiger partial charge in [-0.25, -0.2) is 9.37 Å². The Labute approximate surface area is 123 Å². The number of imidazole rings is 1. The van der Waals surface area contributed by atoms with E-state index >= 15 is 0 Å². The molecule has 0 saturated heterocycles. The van der Waals surface area contributed by atoms with Crippen LogP contribution in [0, 0.1) is 11.2 Å². The largest absolute Gasteiger partial charge is 0.457 e. The first kappa shape index (κ1) is 15.3. The van der Waals surface area contributed by atoms with Gasteiger partial charge in [0.15, 0.2) is 0 Å². The van der Waals surface area contributed by atoms with E-state index in [1.165, 1.54) is 24.3 Å². The van der Waals surface area contributed by atoms with Gasteiger partial charge in [0.25, 0.3) is 0 Å². The number of halogens is 1. The highest BCUT2D eigenvalue weighted by molar-refractivity contribution is 5.34. The Morgan fingerprint density at radius 1 is 1.33 bits per heavy atom. The number of hydrogen-bond acceptors (Lipinski definition) is 3. The Kier molecular flexibility index (Phi) is 4.43. The van der Waals surface area contributed by atoms with Crippen LogP contribution < -0.4 is 4.74 Å². The predicted molar refractivity (Wildman–Crippen MR) is 79.0 cm³/mol. The summed E-state index contributed by atoms with van der Waals surface area (Å²) in [7, 11) is 0. The van der Waals surface area contributed by atoms with Gasteiger partial charge in [0, 0.05) is 12.4 Å². The lowest BCUT2D eigenvalue weighted by Crippen LogP contribution is -2.30. The Balaban J connectivity index is 2.30. The maximum absolute atomic E-state index is 12.9. The van der Waals surface area contributed by atoms with Crippen molar-refractivity contribution in [2.45, 2.75) is 26.9 Å². The van der Waals surface area contributed by atoms with E-state index in [1.807, 2.05) is 20.8 Å². The second kappa shape index (κ2) is 6.10. The highest BCUT2D eigenvalue weighted by atomic mass is 19.1. The monoisotopic (exact) mass is 290 g/mol. The van der Waals surface area contributed by atoms with E-state index in [0.29, 0.717) is 11.5 Å². The quantitative estimate of drug-likeness (QED) is 0.879. The maximum atomic E-state index is 12.9. The van der Waals surface area contributed by atoms with Crippen molar-refractivity contribution >= 4 is 6.20 Å². The average molecular weight is 290 g/mol. The zero-order valence-electron chi connectivity index (χ0n) is 12.3. The molecule has 0 bridgehead atoms. The standard InChI is InChI=1S/C16H19FN2O2/c1-16(2,3)15(20)14(10-19-9-8-18-11-19)21-13-6-4-12(17)5-7-13/h4-11,15,20H,1-3H3. The summed E-state index contributed by atoms with van der Waals surface area (Å²) < 4.78 is 20.4. The summed E-state index contributed by atoms with van der Waals surface area (Å²) in [5, 5.41) is 10.5. The van der Waals surface area contributed by atoms with Crippen molar-refractivity contribution in [2.75, 3.05) is 0 Å². The van der Waals surface area contributed by atoms with Crippen LogP contribution in [0.1, 0.15) is 20.8 Å². The molecule has 21 heavy (non-hydrogen) atoms. The van der Waals surface area contributed by atoms with Crippen molar-refractivity contribution in [2.24, 2.45) is 5.41 Å². The van der Waals surface area contributed by atoms with E-state index < -0.39 is 11.5 Å². The molecule has 1 atom stereocenters. The first-order valence-electron chi connectivity index (χ1n) is 6.67. The Morgan fingerprint density at radius 3 is 2.52 bits per heavy atom. The third kappa shape index (κ3) is 4.16. The molecule has 1 N–H and O–H groups in total. The molecule has 5 heteroatoms. The van der Waals surface area contributed by atoms with Crippen molar-refractivity contribution in [3.05, 3.63) is 54.6 Å². The Hall–Kier alpha value is -2.14. The molecule has 1 aromatic heterocycles. The molecule has 112 valence electrons. The number of aliphatic hydroxyl groups excluding tert-OH is 1. The first-order valence-corrected chi connectivity index (χ1v) is 6.67. The minimum Gasteiger partial charge on any atom is -0.457 e. The molecule has 1 aromatic carbocycles. The number of benzene rings is 1. The fourth-order valence-electron chi connectivity index (χ4n) is 1.71. The molecule has 0 aliphatic carbocycles. The van der Waals surface area contributed by atoms with E-state index in [1.54, 1.807) is 29.5 Å². The molecule has 4 nitrogen and oxygen atoms in total. The van der Waals surface area contributed by atoms with Crippen molar-refractivity contribution in [3.8, 4) is 5.75 Å². The van der Waals surface area contributed by atoms with Gasteiger partial charge in [-0.1, -0.05) is 20.8 Å². The molecule has 0 fully saturated rings. The van der Waals surface area contributed by atoms with Gasteiger partial charge in [0.2, 0.25) is 0 Å². The number of hydrogen-bond donors (Lipinski definition) is 1. The highest BCUT2D eigenvalue weighted by Gasteiger charge is 2.28. The van der Waals surface area contributed by atoms with Crippen LogP contribution in [0.15, 0.2) is 48.7 Å². The lowest BCUT2D eigenvalue weighted by molar-refractivity contribution is 0.0637. The number of ether oxygens (including phenoxy) is 1. The second-order valence-electron chi connectivity index (χ2n) is 5.87. The van der Waals surface area contributed by atoms with E-state index in [2.05, 4.69) is 4.98 Å². The van der Waals surface area contributed by atoms with Crippen LogP contribution in [0.5, 0.6) is 5.75 Å². The third-order valence-electron chi connectivity index (χ3n) is 2.94. The fraction of sp³-hybridized carbons (Fsp3) is 0.312. The minimum atomic E-state index is -0.815. The zero-order chi connectivity index (χ0) is 15.5. The molecule has 0 amide bonds. The Bertz CT molecular complexity index is 598. The SMILES string of the molecule is CC(C)(C)C(O)C(=Cn1ccnc1)Oc1ccc(F)cc1. The molecule has 2 aromatic rings. The molecule has 2 rings (SSSR count). The summed E-state index contributed by atoms with van der Waals surface area (Å²) in [6, 6.07) is 5.67. The highest BCUT2D eigenvalue weighted by Crippen LogP contribution is 2.27. The van der Waals surface area contributed by atoms with Gasteiger partial charge >= 0.3 is 0 Å². The average Bonchev–Trinajstić information content (AvgIpc) is 2.91. The van der Waals surface area contributed by atoms with E-state index in [-0.39, 0.29) is 5.82 Å². The van der Waals surface area contributed by atoms with Gasteiger partial charge in [0.05, 0.1) is 12.5 Å². The third-order valence-corrected chi connectivity index (χ3v) is 2.94. The lowest BCUT2D eigenvalue weighted by atomic mass is 9.88. The summed E-state index contributed by atoms with van der Waals surface area (Å²) in [6.07, 6.45) is 5.82. The van der Waals surface area contributed by atoms with Crippen LogP contribution in [-0.4, -0.2) is 20.8 Å². The van der Waals surface area contributed by atoms with Crippen molar-refractivity contribution in [1.82, 2.24) is 9.55 Å². The molecule has 0 saturated carbocycles. The number of aliphatic hydroxyl groups is 1. The molecule has 0 spiro atoms. The summed E-state index contributed by atoms with van der Waals surface area (Å²) in [6.45, 7) is 5.73. The predicted octanol–water partition coefficient (Wildman–Crippen LogP) is 3.31. The van der Waals surface area contributed by atoms with Gasteiger partial charge in [0.1, 0.15) is 23.4 Å². The van der Waals surface area contributed by atoms with Crippen LogP contribution in [0.3, 0.4) is 0 Å². The smallest absolute Gasteiger partial charge is 0.150 e. The van der Waals surface area contributed by atoms with Gasteiger partial charge < -0.3 is 14.4 Å². The molecule has 0 aliphatic rings. The maximum Gasteiger partial charge on any atom is 0.150 e. The van der Waals surface area contributed by atoms with E-state index in [0.717, 1.165) is 0 Å². The van der Waals surface area contributed by atoms with E-state index in [9.17, 15) is 9.50 Å². The first-order chi connectivity index (χ1) is 9.86. The summed E-state index contributed by atoms with van der Waals surface area (Å²) >= 11 is 0. The van der Waals surface area contributed by atoms with E-state index in [4.69, 9.17) is 4.74 Å². The second-order valence-corrected chi connectivity index (χ2v) is 5.87. The van der Waals surface area contributed by atoms with Crippen LogP contribution in [0.25, 0.3) is 6.20 Å². The molecular weight excluding hydrogens is 271 g/mol. The lowest BCUT2D eigenvalue weighted by Gasteiger charge is -2.27. The molecule has 1 heterocycles. The Morgan fingerprint density at radius 2 is 2.00 bits per heavy atom. The number of rotatable bonds is 4. The van der Waals surface area contributed by atoms with Gasteiger partial charge in [-0.05, 0) is 29.7 Å². The number of aromatic nitrogens is 2. The van der Waals surface area contributed by atoms with Crippen molar-refractivity contribution < 1.29 is 14.2 Å². The summed E-state index contributed by atoms with van der Waals surface area (Å²) in [4.78, 5) is 3.95. The fourth-order valence-corrected chi connectivity index (χ4v) is 1.71. The summed E-state index contributed by atoms with van der Waals surface area (Å²) in [5.74, 6) is 0.497. The normalized spacial score (nSPS) is 14.0. The minimum absolute atomic E-state index is 0.334. The molecule has 0 aliphatic heterocycles. The number of nitrogens with zero attached hydrogens (tertiary/aromatic N) is 2. The zero-order valence-corrected chi connectivity index (χ0v) is 12.3. The van der Waals surface area contributed by atoms with Gasteiger partial charge in [-0.15, -0.1) is 0 Å². The van der Waals surface area contributed by atoms with Crippen molar-refractivity contribution in [1.29, 1.82) is 0 Å². The van der Waals surface area contributed by atoms with Crippen molar-refractivity contribution in [3.63, 3.8) is 0 Å². The van der Waals surface area contributed by atoms with Gasteiger partial charge in [-0.3, -0.25) is 0 Å². The molecule has 1 unspecified atom stereocenters. The molecular formula is C16H19FN2O2. The van der Waals surface area contributed by atoms with Crippen LogP contribution in [0.2, 0.25) is 0 Å². The van der Waals surface area contributed by atoms with Crippen LogP contribution in [0.4, 0.5) is 4.39 Å². The van der Waals surface area contributed by atoms with Gasteiger partial charge in [-0.2, -0.15) is 0 Å². The summed E-state index contributed by atoms with van der Waals surface area (Å²) in [5.41, 5.74) is -0.396. The molecule has 0 radical (unpaired) electrons. The topological polar surface area (TPSA) is 47.3 Å². The van der Waals surface area contributed by atoms with Crippen LogP contribution >= 0.6 is 0 Å².